The van der Waals surface area contributed by atoms with Crippen LogP contribution in [0.4, 0.5) is 0 Å². The molecule has 0 saturated carbocycles. The molecule has 0 fully saturated rings. The third-order valence-electron chi connectivity index (χ3n) is 5.58. The van der Waals surface area contributed by atoms with Gasteiger partial charge < -0.3 is 14.6 Å². The fourth-order valence-electron chi connectivity index (χ4n) is 4.32. The molecule has 6 heteroatoms. The topological polar surface area (TPSA) is 39.1 Å². The summed E-state index contributed by atoms with van der Waals surface area (Å²) in [6, 6.07) is 13.8. The highest BCUT2D eigenvalue weighted by atomic mass is 35.5. The molecule has 0 spiro atoms. The van der Waals surface area contributed by atoms with Crippen LogP contribution in [0.3, 0.4) is 0 Å². The largest absolute Gasteiger partial charge is 0.489 e. The molecule has 148 valence electrons. The molecule has 29 heavy (non-hydrogen) atoms. The molecule has 0 unspecified atom stereocenters. The fourth-order valence-corrected chi connectivity index (χ4v) is 4.85. The lowest BCUT2D eigenvalue weighted by molar-refractivity contribution is 0.301. The fraction of sp³-hybridized carbons (Fsp3) is 0.261. The van der Waals surface area contributed by atoms with Crippen LogP contribution in [-0.4, -0.2) is 29.2 Å². The van der Waals surface area contributed by atoms with Crippen molar-refractivity contribution in [3.8, 4) is 5.75 Å². The van der Waals surface area contributed by atoms with Gasteiger partial charge in [-0.05, 0) is 42.8 Å². The van der Waals surface area contributed by atoms with Crippen molar-refractivity contribution in [1.29, 1.82) is 0 Å². The van der Waals surface area contributed by atoms with E-state index in [4.69, 9.17) is 27.9 Å². The predicted octanol–water partition coefficient (Wildman–Crippen LogP) is 5.26. The molecule has 0 saturated heterocycles. The van der Waals surface area contributed by atoms with E-state index in [9.17, 15) is 0 Å². The van der Waals surface area contributed by atoms with E-state index in [1.807, 2.05) is 42.5 Å². The number of nitrogens with zero attached hydrogens (tertiary/aromatic N) is 2. The minimum absolute atomic E-state index is 0.530. The number of aromatic nitrogens is 2. The Hall–Kier alpha value is -2.27. The third kappa shape index (κ3) is 3.35. The van der Waals surface area contributed by atoms with E-state index in [0.29, 0.717) is 13.2 Å². The number of nitrogens with one attached hydrogen (secondary N) is 1. The van der Waals surface area contributed by atoms with Gasteiger partial charge in [-0.2, -0.15) is 0 Å². The molecular weight excluding hydrogens is 405 g/mol. The van der Waals surface area contributed by atoms with E-state index in [2.05, 4.69) is 14.9 Å². The van der Waals surface area contributed by atoms with Crippen molar-refractivity contribution in [1.82, 2.24) is 14.9 Å². The van der Waals surface area contributed by atoms with Crippen molar-refractivity contribution >= 4 is 45.0 Å². The Morgan fingerprint density at radius 3 is 2.76 bits per heavy atom. The number of benzene rings is 2. The summed E-state index contributed by atoms with van der Waals surface area (Å²) in [5.41, 5.74) is 4.52. The average Bonchev–Trinajstić information content (AvgIpc) is 2.88. The van der Waals surface area contributed by atoms with Crippen LogP contribution < -0.4 is 10.1 Å². The Balaban J connectivity index is 1.50. The molecule has 1 aliphatic heterocycles. The van der Waals surface area contributed by atoms with E-state index >= 15 is 0 Å². The van der Waals surface area contributed by atoms with Gasteiger partial charge in [0.25, 0.3) is 0 Å². The normalized spacial score (nSPS) is 14.1. The molecule has 0 aliphatic carbocycles. The molecule has 3 heterocycles. The number of rotatable bonds is 4. The third-order valence-corrected chi connectivity index (χ3v) is 6.20. The maximum Gasteiger partial charge on any atom is 0.145 e. The highest BCUT2D eigenvalue weighted by Gasteiger charge is 2.22. The van der Waals surface area contributed by atoms with Crippen LogP contribution in [0.15, 0.2) is 48.7 Å². The minimum Gasteiger partial charge on any atom is -0.489 e. The summed E-state index contributed by atoms with van der Waals surface area (Å²) in [6.45, 7) is 3.14. The molecule has 0 amide bonds. The highest BCUT2D eigenvalue weighted by Crippen LogP contribution is 2.37. The van der Waals surface area contributed by atoms with Gasteiger partial charge in [0.1, 0.15) is 17.9 Å². The summed E-state index contributed by atoms with van der Waals surface area (Å²) in [4.78, 5) is 4.48. The van der Waals surface area contributed by atoms with Crippen LogP contribution in [0.1, 0.15) is 11.3 Å². The van der Waals surface area contributed by atoms with Crippen molar-refractivity contribution in [2.75, 3.05) is 19.7 Å². The first-order valence-corrected chi connectivity index (χ1v) is 10.6. The van der Waals surface area contributed by atoms with Gasteiger partial charge in [0, 0.05) is 35.6 Å². The van der Waals surface area contributed by atoms with Crippen LogP contribution in [0.2, 0.25) is 10.0 Å². The zero-order chi connectivity index (χ0) is 19.8. The van der Waals surface area contributed by atoms with Gasteiger partial charge in [-0.1, -0.05) is 41.4 Å². The lowest BCUT2D eigenvalue weighted by Crippen LogP contribution is -2.18. The Kier molecular flexibility index (Phi) is 5.08. The second-order valence-electron chi connectivity index (χ2n) is 7.26. The molecule has 1 aliphatic rings. The van der Waals surface area contributed by atoms with Gasteiger partial charge in [-0.3, -0.25) is 4.98 Å². The Morgan fingerprint density at radius 1 is 1.00 bits per heavy atom. The number of hydrogen-bond donors (Lipinski definition) is 1. The summed E-state index contributed by atoms with van der Waals surface area (Å²) in [5, 5.41) is 7.14. The molecule has 1 N–H and O–H groups in total. The van der Waals surface area contributed by atoms with Gasteiger partial charge in [0.05, 0.1) is 22.1 Å². The number of ether oxygens (including phenoxy) is 1. The average molecular weight is 426 g/mol. The van der Waals surface area contributed by atoms with Crippen molar-refractivity contribution in [3.05, 3.63) is 70.0 Å². The first-order chi connectivity index (χ1) is 14.2. The molecule has 4 aromatic rings. The summed E-state index contributed by atoms with van der Waals surface area (Å²) >= 11 is 13.2. The molecular formula is C23H21Cl2N3O. The molecule has 0 atom stereocenters. The molecule has 2 aromatic heterocycles. The summed E-state index contributed by atoms with van der Waals surface area (Å²) in [6.07, 6.45) is 3.70. The van der Waals surface area contributed by atoms with Crippen LogP contribution in [0.25, 0.3) is 21.8 Å². The molecule has 4 nitrogen and oxygen atoms in total. The van der Waals surface area contributed by atoms with Crippen LogP contribution in [0, 0.1) is 0 Å². The van der Waals surface area contributed by atoms with Gasteiger partial charge in [0.15, 0.2) is 0 Å². The molecule has 2 aromatic carbocycles. The first kappa shape index (κ1) is 18.7. The van der Waals surface area contributed by atoms with Crippen molar-refractivity contribution in [2.24, 2.45) is 0 Å². The lowest BCUT2D eigenvalue weighted by Gasteiger charge is -2.14. The van der Waals surface area contributed by atoms with E-state index in [1.165, 1.54) is 11.3 Å². The summed E-state index contributed by atoms with van der Waals surface area (Å²) < 4.78 is 8.45. The van der Waals surface area contributed by atoms with Crippen molar-refractivity contribution < 1.29 is 4.74 Å². The zero-order valence-corrected chi connectivity index (χ0v) is 17.4. The monoisotopic (exact) mass is 425 g/mol. The van der Waals surface area contributed by atoms with E-state index in [1.54, 1.807) is 6.20 Å². The maximum atomic E-state index is 6.62. The lowest BCUT2D eigenvalue weighted by atomic mass is 10.1. The second-order valence-corrected chi connectivity index (χ2v) is 8.07. The molecule has 5 rings (SSSR count). The van der Waals surface area contributed by atoms with Gasteiger partial charge in [-0.25, -0.2) is 0 Å². The minimum atomic E-state index is 0.530. The van der Waals surface area contributed by atoms with Crippen LogP contribution >= 0.6 is 23.2 Å². The number of para-hydroxylation sites is 1. The number of fused-ring (bicyclic) bond motifs is 4. The predicted molar refractivity (Wildman–Crippen MR) is 119 cm³/mol. The van der Waals surface area contributed by atoms with E-state index in [-0.39, 0.29) is 0 Å². The van der Waals surface area contributed by atoms with Crippen molar-refractivity contribution in [2.45, 2.75) is 19.4 Å². The molecule has 0 radical (unpaired) electrons. The number of pyridine rings is 1. The summed E-state index contributed by atoms with van der Waals surface area (Å²) in [5.74, 6) is 0.802. The second kappa shape index (κ2) is 7.86. The van der Waals surface area contributed by atoms with Crippen LogP contribution in [0.5, 0.6) is 5.75 Å². The zero-order valence-electron chi connectivity index (χ0n) is 15.9. The highest BCUT2D eigenvalue weighted by molar-refractivity contribution is 6.40. The number of halogens is 2. The SMILES string of the molecule is Clc1ccc(Cl)c2c1c1c(n2CCOc2cccc3cccnc23)CCNCC1. The Labute approximate surface area is 179 Å². The van der Waals surface area contributed by atoms with Gasteiger partial charge in [0.2, 0.25) is 0 Å². The smallest absolute Gasteiger partial charge is 0.145 e. The van der Waals surface area contributed by atoms with Crippen molar-refractivity contribution in [3.63, 3.8) is 0 Å². The van der Waals surface area contributed by atoms with E-state index < -0.39 is 0 Å². The first-order valence-electron chi connectivity index (χ1n) is 9.89. The summed E-state index contributed by atoms with van der Waals surface area (Å²) in [7, 11) is 0. The molecule has 0 bridgehead atoms. The van der Waals surface area contributed by atoms with E-state index in [0.717, 1.165) is 63.5 Å². The maximum absolute atomic E-state index is 6.62. The Bertz CT molecular complexity index is 1200. The standard InChI is InChI=1S/C23H21Cl2N3O/c24-17-6-7-18(25)23-21(17)16-8-11-26-12-9-19(16)28(23)13-14-29-20-5-1-3-15-4-2-10-27-22(15)20/h1-7,10,26H,8-9,11-14H2. The number of hydrogen-bond acceptors (Lipinski definition) is 3. The van der Waals surface area contributed by atoms with Gasteiger partial charge >= 0.3 is 0 Å². The quantitative estimate of drug-likeness (QED) is 0.484. The van der Waals surface area contributed by atoms with Gasteiger partial charge in [-0.15, -0.1) is 0 Å². The Morgan fingerprint density at radius 2 is 1.83 bits per heavy atom. The van der Waals surface area contributed by atoms with Crippen LogP contribution in [-0.2, 0) is 19.4 Å².